The highest BCUT2D eigenvalue weighted by Crippen LogP contribution is 2.30. The Bertz CT molecular complexity index is 712. The van der Waals surface area contributed by atoms with Crippen LogP contribution >= 0.6 is 11.8 Å². The summed E-state index contributed by atoms with van der Waals surface area (Å²) >= 11 is 1.81. The van der Waals surface area contributed by atoms with Crippen LogP contribution in [0.25, 0.3) is 0 Å². The molecule has 2 aromatic rings. The number of hydrogen-bond donors (Lipinski definition) is 2. The van der Waals surface area contributed by atoms with Gasteiger partial charge in [-0.1, -0.05) is 53.0 Å². The van der Waals surface area contributed by atoms with Crippen molar-refractivity contribution < 1.29 is 14.3 Å². The number of nitrogens with one attached hydrogen (secondary N) is 1. The summed E-state index contributed by atoms with van der Waals surface area (Å²) in [6.45, 7) is 8.44. The summed E-state index contributed by atoms with van der Waals surface area (Å²) in [4.78, 5) is 11.4. The van der Waals surface area contributed by atoms with Crippen molar-refractivity contribution in [1.29, 1.82) is 0 Å². The molecule has 0 radical (unpaired) electrons. The highest BCUT2D eigenvalue weighted by atomic mass is 32.2. The average molecular weight is 406 g/mol. The summed E-state index contributed by atoms with van der Waals surface area (Å²) in [5.74, 6) is 1.08. The number of phenolic OH excluding ortho intramolecular Hbond substituents is 1. The first-order chi connectivity index (χ1) is 13.3. The zero-order chi connectivity index (χ0) is 21.0. The molecule has 2 N–H and O–H groups in total. The summed E-state index contributed by atoms with van der Waals surface area (Å²) < 4.78 is 12.6. The molecule has 5 heteroatoms. The Hall–Kier alpha value is -2.01. The number of rotatable bonds is 8. The molecule has 3 nitrogen and oxygen atoms in total. The van der Waals surface area contributed by atoms with E-state index in [1.165, 1.54) is 42.7 Å². The van der Waals surface area contributed by atoms with Gasteiger partial charge in [0, 0.05) is 4.90 Å². The minimum Gasteiger partial charge on any atom is -0.506 e. The van der Waals surface area contributed by atoms with Crippen molar-refractivity contribution in [2.75, 3.05) is 11.1 Å². The van der Waals surface area contributed by atoms with Crippen LogP contribution in [-0.4, -0.2) is 17.3 Å². The molecule has 0 aliphatic heterocycles. The van der Waals surface area contributed by atoms with Crippen LogP contribution in [0, 0.1) is 5.82 Å². The number of carbonyl (C=O) groups is 1. The fourth-order valence-corrected chi connectivity index (χ4v) is 3.34. The van der Waals surface area contributed by atoms with Crippen LogP contribution in [0.5, 0.6) is 5.75 Å². The second-order valence-corrected chi connectivity index (χ2v) is 8.78. The van der Waals surface area contributed by atoms with Crippen molar-refractivity contribution in [2.45, 2.75) is 63.7 Å². The Balaban J connectivity index is 0.000000280. The molecule has 2 aromatic carbocycles. The van der Waals surface area contributed by atoms with Gasteiger partial charge >= 0.3 is 0 Å². The summed E-state index contributed by atoms with van der Waals surface area (Å²) in [5, 5.41) is 11.9. The van der Waals surface area contributed by atoms with E-state index in [0.717, 1.165) is 11.3 Å². The van der Waals surface area contributed by atoms with Crippen molar-refractivity contribution in [3.8, 4) is 5.75 Å². The van der Waals surface area contributed by atoms with E-state index in [1.54, 1.807) is 12.1 Å². The molecule has 1 amide bonds. The lowest BCUT2D eigenvalue weighted by Gasteiger charge is -2.20. The Labute approximate surface area is 172 Å². The van der Waals surface area contributed by atoms with Crippen molar-refractivity contribution in [2.24, 2.45) is 0 Å². The SMILES string of the molecule is CC(C)(C)c1ccc(O)c(NC=O)c1.CCCCCCSc1ccc(F)cc1. The molecule has 0 unspecified atom stereocenters. The predicted molar refractivity (Wildman–Crippen MR) is 118 cm³/mol. The zero-order valence-electron chi connectivity index (χ0n) is 17.3. The molecule has 28 heavy (non-hydrogen) atoms. The lowest BCUT2D eigenvalue weighted by molar-refractivity contribution is -0.105. The number of phenols is 1. The largest absolute Gasteiger partial charge is 0.506 e. The van der Waals surface area contributed by atoms with Gasteiger partial charge in [0.05, 0.1) is 5.69 Å². The third-order valence-electron chi connectivity index (χ3n) is 4.16. The van der Waals surface area contributed by atoms with Gasteiger partial charge in [-0.2, -0.15) is 0 Å². The van der Waals surface area contributed by atoms with Gasteiger partial charge in [-0.3, -0.25) is 4.79 Å². The van der Waals surface area contributed by atoms with Gasteiger partial charge in [-0.05, 0) is 59.6 Å². The van der Waals surface area contributed by atoms with Crippen LogP contribution in [0.15, 0.2) is 47.4 Å². The first kappa shape index (κ1) is 24.0. The molecule has 0 aliphatic carbocycles. The third kappa shape index (κ3) is 9.27. The topological polar surface area (TPSA) is 49.3 Å². The number of hydrogen-bond acceptors (Lipinski definition) is 3. The normalized spacial score (nSPS) is 10.8. The number of amides is 1. The molecule has 0 bridgehead atoms. The standard InChI is InChI=1S/C12H17FS.C11H15NO2/c1-2-3-4-5-10-14-12-8-6-11(13)7-9-12;1-11(2,3)8-4-5-10(14)9(6-8)12-7-13/h6-9H,2-5,10H2,1H3;4-7,14H,1-3H3,(H,12,13). The van der Waals surface area contributed by atoms with Gasteiger partial charge in [0.1, 0.15) is 11.6 Å². The minimum absolute atomic E-state index is 0.00696. The second-order valence-electron chi connectivity index (χ2n) is 7.61. The smallest absolute Gasteiger partial charge is 0.211 e. The van der Waals surface area contributed by atoms with Gasteiger partial charge < -0.3 is 10.4 Å². The number of aromatic hydroxyl groups is 1. The van der Waals surface area contributed by atoms with Crippen molar-refractivity contribution in [1.82, 2.24) is 0 Å². The van der Waals surface area contributed by atoms with E-state index < -0.39 is 0 Å². The van der Waals surface area contributed by atoms with Gasteiger partial charge in [0.2, 0.25) is 6.41 Å². The maximum atomic E-state index is 12.6. The fraction of sp³-hybridized carbons (Fsp3) is 0.435. The van der Waals surface area contributed by atoms with E-state index in [0.29, 0.717) is 12.1 Å². The highest BCUT2D eigenvalue weighted by Gasteiger charge is 2.15. The molecular formula is C23H32FNO2S. The van der Waals surface area contributed by atoms with Gasteiger partial charge in [0.25, 0.3) is 0 Å². The number of thioether (sulfide) groups is 1. The Kier molecular flexibility index (Phi) is 10.7. The van der Waals surface area contributed by atoms with E-state index in [4.69, 9.17) is 0 Å². The maximum Gasteiger partial charge on any atom is 0.211 e. The molecule has 0 saturated heterocycles. The van der Waals surface area contributed by atoms with Gasteiger partial charge in [0.15, 0.2) is 0 Å². The predicted octanol–water partition coefficient (Wildman–Crippen LogP) is 6.76. The van der Waals surface area contributed by atoms with E-state index in [2.05, 4.69) is 33.0 Å². The molecule has 2 rings (SSSR count). The lowest BCUT2D eigenvalue weighted by Crippen LogP contribution is -2.11. The first-order valence-corrected chi connectivity index (χ1v) is 10.7. The molecule has 0 spiro atoms. The summed E-state index contributed by atoms with van der Waals surface area (Å²) in [6.07, 6.45) is 5.73. The first-order valence-electron chi connectivity index (χ1n) is 9.70. The number of anilines is 1. The number of unbranched alkanes of at least 4 members (excludes halogenated alkanes) is 3. The molecule has 0 aliphatic rings. The van der Waals surface area contributed by atoms with Crippen molar-refractivity contribution in [3.63, 3.8) is 0 Å². The quantitative estimate of drug-likeness (QED) is 0.221. The molecule has 0 saturated carbocycles. The highest BCUT2D eigenvalue weighted by molar-refractivity contribution is 7.99. The van der Waals surface area contributed by atoms with E-state index in [9.17, 15) is 14.3 Å². The maximum absolute atomic E-state index is 12.6. The van der Waals surface area contributed by atoms with Gasteiger partial charge in [-0.15, -0.1) is 11.8 Å². The Morgan fingerprint density at radius 1 is 1.07 bits per heavy atom. The molecule has 0 aromatic heterocycles. The lowest BCUT2D eigenvalue weighted by atomic mass is 9.87. The summed E-state index contributed by atoms with van der Waals surface area (Å²) in [6, 6.07) is 12.0. The van der Waals surface area contributed by atoms with Crippen LogP contribution in [0.3, 0.4) is 0 Å². The fourth-order valence-electron chi connectivity index (χ4n) is 2.43. The van der Waals surface area contributed by atoms with Crippen molar-refractivity contribution >= 4 is 23.9 Å². The average Bonchev–Trinajstić information content (AvgIpc) is 2.65. The van der Waals surface area contributed by atoms with Crippen LogP contribution in [-0.2, 0) is 10.2 Å². The Morgan fingerprint density at radius 3 is 2.32 bits per heavy atom. The van der Waals surface area contributed by atoms with Crippen LogP contribution in [0.4, 0.5) is 10.1 Å². The number of halogens is 1. The number of benzene rings is 2. The second kappa shape index (κ2) is 12.4. The zero-order valence-corrected chi connectivity index (χ0v) is 18.1. The van der Waals surface area contributed by atoms with Gasteiger partial charge in [-0.25, -0.2) is 4.39 Å². The van der Waals surface area contributed by atoms with E-state index in [1.807, 2.05) is 30.0 Å². The number of carbonyl (C=O) groups excluding carboxylic acids is 1. The monoisotopic (exact) mass is 405 g/mol. The molecule has 0 heterocycles. The molecule has 0 fully saturated rings. The third-order valence-corrected chi connectivity index (χ3v) is 5.26. The molecular weight excluding hydrogens is 373 g/mol. The summed E-state index contributed by atoms with van der Waals surface area (Å²) in [7, 11) is 0. The van der Waals surface area contributed by atoms with E-state index >= 15 is 0 Å². The molecule has 0 atom stereocenters. The minimum atomic E-state index is -0.152. The van der Waals surface area contributed by atoms with Crippen LogP contribution < -0.4 is 5.32 Å². The van der Waals surface area contributed by atoms with Crippen LogP contribution in [0.1, 0.15) is 58.9 Å². The summed E-state index contributed by atoms with van der Waals surface area (Å²) in [5.41, 5.74) is 1.53. The van der Waals surface area contributed by atoms with E-state index in [-0.39, 0.29) is 17.0 Å². The molecule has 154 valence electrons. The Morgan fingerprint density at radius 2 is 1.75 bits per heavy atom. The van der Waals surface area contributed by atoms with Crippen LogP contribution in [0.2, 0.25) is 0 Å². The van der Waals surface area contributed by atoms with Crippen molar-refractivity contribution in [3.05, 3.63) is 53.8 Å².